The lowest BCUT2D eigenvalue weighted by atomic mass is 9.98. The van der Waals surface area contributed by atoms with Gasteiger partial charge in [-0.15, -0.1) is 0 Å². The average molecular weight is 213 g/mol. The molecule has 0 unspecified atom stereocenters. The number of ether oxygens (including phenoxy) is 1. The molecule has 1 heterocycles. The molecule has 0 spiro atoms. The average Bonchev–Trinajstić information content (AvgIpc) is 2.65. The van der Waals surface area contributed by atoms with E-state index in [0.29, 0.717) is 12.1 Å². The number of unbranched alkanes of at least 4 members (excludes halogenated alkanes) is 1. The molecule has 0 aromatic carbocycles. The van der Waals surface area contributed by atoms with Crippen molar-refractivity contribution in [2.45, 2.75) is 65.0 Å². The largest absolute Gasteiger partial charge is 0.377 e. The fraction of sp³-hybridized carbons (Fsp3) is 1.00. The molecule has 1 N–H and O–H groups in total. The Labute approximate surface area is 94.8 Å². The van der Waals surface area contributed by atoms with Crippen LogP contribution in [0.4, 0.5) is 0 Å². The second kappa shape index (κ2) is 7.24. The summed E-state index contributed by atoms with van der Waals surface area (Å²) in [6, 6.07) is 0.598. The third-order valence-corrected chi connectivity index (χ3v) is 3.59. The maximum Gasteiger partial charge on any atom is 0.0700 e. The van der Waals surface area contributed by atoms with Gasteiger partial charge in [-0.05, 0) is 32.2 Å². The van der Waals surface area contributed by atoms with Gasteiger partial charge in [-0.2, -0.15) is 0 Å². The lowest BCUT2D eigenvalue weighted by molar-refractivity contribution is 0.112. The van der Waals surface area contributed by atoms with Gasteiger partial charge in [0.05, 0.1) is 6.10 Å². The maximum absolute atomic E-state index is 5.55. The first kappa shape index (κ1) is 13.0. The Morgan fingerprint density at radius 2 is 2.20 bits per heavy atom. The Balaban J connectivity index is 2.15. The van der Waals surface area contributed by atoms with Gasteiger partial charge in [0.2, 0.25) is 0 Å². The zero-order chi connectivity index (χ0) is 11.1. The van der Waals surface area contributed by atoms with E-state index in [0.717, 1.165) is 12.5 Å². The summed E-state index contributed by atoms with van der Waals surface area (Å²) in [5, 5.41) is 3.67. The summed E-state index contributed by atoms with van der Waals surface area (Å²) in [5.41, 5.74) is 0. The van der Waals surface area contributed by atoms with Crippen molar-refractivity contribution in [1.82, 2.24) is 5.32 Å². The second-order valence-corrected chi connectivity index (χ2v) is 4.80. The first-order valence-corrected chi connectivity index (χ1v) is 6.62. The van der Waals surface area contributed by atoms with E-state index in [2.05, 4.69) is 26.1 Å². The predicted molar refractivity (Wildman–Crippen MR) is 65.1 cm³/mol. The van der Waals surface area contributed by atoms with Gasteiger partial charge in [0.25, 0.3) is 0 Å². The Morgan fingerprint density at radius 1 is 1.40 bits per heavy atom. The molecule has 0 aliphatic carbocycles. The molecule has 1 aliphatic heterocycles. The molecular formula is C13H27NO. The molecule has 1 fully saturated rings. The SMILES string of the molecule is CCCC[C@H](CC)CN[C@H]1CCO[C@@H]1C. The van der Waals surface area contributed by atoms with E-state index >= 15 is 0 Å². The van der Waals surface area contributed by atoms with E-state index in [1.165, 1.54) is 38.6 Å². The second-order valence-electron chi connectivity index (χ2n) is 4.80. The highest BCUT2D eigenvalue weighted by molar-refractivity contribution is 4.79. The fourth-order valence-corrected chi connectivity index (χ4v) is 2.26. The van der Waals surface area contributed by atoms with E-state index in [4.69, 9.17) is 4.74 Å². The Morgan fingerprint density at radius 3 is 2.73 bits per heavy atom. The minimum Gasteiger partial charge on any atom is -0.377 e. The van der Waals surface area contributed by atoms with Gasteiger partial charge in [0.1, 0.15) is 0 Å². The van der Waals surface area contributed by atoms with Crippen molar-refractivity contribution in [1.29, 1.82) is 0 Å². The number of nitrogens with one attached hydrogen (secondary N) is 1. The molecule has 0 saturated carbocycles. The summed E-state index contributed by atoms with van der Waals surface area (Å²) in [5.74, 6) is 0.859. The van der Waals surface area contributed by atoms with Crippen LogP contribution in [0.1, 0.15) is 52.9 Å². The van der Waals surface area contributed by atoms with Crippen molar-refractivity contribution >= 4 is 0 Å². The lowest BCUT2D eigenvalue weighted by Crippen LogP contribution is -2.37. The summed E-state index contributed by atoms with van der Waals surface area (Å²) in [6.45, 7) is 8.86. The van der Waals surface area contributed by atoms with Crippen molar-refractivity contribution in [3.63, 3.8) is 0 Å². The number of hydrogen-bond acceptors (Lipinski definition) is 2. The first-order valence-electron chi connectivity index (χ1n) is 6.62. The van der Waals surface area contributed by atoms with Crippen LogP contribution in [-0.2, 0) is 4.74 Å². The van der Waals surface area contributed by atoms with Gasteiger partial charge < -0.3 is 10.1 Å². The molecule has 1 aliphatic rings. The van der Waals surface area contributed by atoms with Gasteiger partial charge in [0, 0.05) is 12.6 Å². The molecule has 1 rings (SSSR count). The van der Waals surface area contributed by atoms with E-state index in [9.17, 15) is 0 Å². The minimum absolute atomic E-state index is 0.411. The molecule has 1 saturated heterocycles. The first-order chi connectivity index (χ1) is 7.27. The van der Waals surface area contributed by atoms with E-state index in [-0.39, 0.29) is 0 Å². The molecule has 15 heavy (non-hydrogen) atoms. The van der Waals surface area contributed by atoms with Gasteiger partial charge >= 0.3 is 0 Å². The van der Waals surface area contributed by atoms with Crippen molar-refractivity contribution in [2.24, 2.45) is 5.92 Å². The van der Waals surface area contributed by atoms with Gasteiger partial charge in [-0.25, -0.2) is 0 Å². The van der Waals surface area contributed by atoms with Crippen molar-refractivity contribution in [3.05, 3.63) is 0 Å². The van der Waals surface area contributed by atoms with Gasteiger partial charge in [-0.1, -0.05) is 33.1 Å². The third kappa shape index (κ3) is 4.52. The Hall–Kier alpha value is -0.0800. The van der Waals surface area contributed by atoms with Crippen LogP contribution in [0.5, 0.6) is 0 Å². The predicted octanol–water partition coefficient (Wildman–Crippen LogP) is 2.97. The van der Waals surface area contributed by atoms with Crippen LogP contribution in [0.15, 0.2) is 0 Å². The molecule has 0 radical (unpaired) electrons. The van der Waals surface area contributed by atoms with E-state index in [1.807, 2.05) is 0 Å². The normalized spacial score (nSPS) is 28.2. The number of hydrogen-bond donors (Lipinski definition) is 1. The minimum atomic E-state index is 0.411. The quantitative estimate of drug-likeness (QED) is 0.702. The molecule has 0 aromatic heterocycles. The maximum atomic E-state index is 5.55. The molecule has 0 aromatic rings. The smallest absolute Gasteiger partial charge is 0.0700 e. The van der Waals surface area contributed by atoms with Crippen LogP contribution in [0.3, 0.4) is 0 Å². The summed E-state index contributed by atoms with van der Waals surface area (Å²) >= 11 is 0. The molecule has 2 nitrogen and oxygen atoms in total. The van der Waals surface area contributed by atoms with Crippen molar-refractivity contribution in [2.75, 3.05) is 13.2 Å². The molecule has 0 amide bonds. The lowest BCUT2D eigenvalue weighted by Gasteiger charge is -2.20. The molecule has 0 bridgehead atoms. The van der Waals surface area contributed by atoms with Crippen LogP contribution < -0.4 is 5.32 Å². The highest BCUT2D eigenvalue weighted by Crippen LogP contribution is 2.15. The summed E-state index contributed by atoms with van der Waals surface area (Å²) < 4.78 is 5.55. The van der Waals surface area contributed by atoms with E-state index < -0.39 is 0 Å². The fourth-order valence-electron chi connectivity index (χ4n) is 2.26. The van der Waals surface area contributed by atoms with Crippen LogP contribution >= 0.6 is 0 Å². The Bertz CT molecular complexity index is 161. The number of rotatable bonds is 7. The molecule has 3 atom stereocenters. The van der Waals surface area contributed by atoms with Gasteiger partial charge in [-0.3, -0.25) is 0 Å². The standard InChI is InChI=1S/C13H27NO/c1-4-6-7-12(5-2)10-14-13-8-9-15-11(13)3/h11-14H,4-10H2,1-3H3/t11-,12+,13+/m1/s1. The van der Waals surface area contributed by atoms with Crippen LogP contribution in [-0.4, -0.2) is 25.3 Å². The molecular weight excluding hydrogens is 186 g/mol. The summed E-state index contributed by atoms with van der Waals surface area (Å²) in [7, 11) is 0. The Kier molecular flexibility index (Phi) is 6.26. The van der Waals surface area contributed by atoms with Crippen LogP contribution in [0.2, 0.25) is 0 Å². The monoisotopic (exact) mass is 213 g/mol. The highest BCUT2D eigenvalue weighted by atomic mass is 16.5. The zero-order valence-corrected chi connectivity index (χ0v) is 10.6. The van der Waals surface area contributed by atoms with Crippen LogP contribution in [0, 0.1) is 5.92 Å². The van der Waals surface area contributed by atoms with Crippen molar-refractivity contribution in [3.8, 4) is 0 Å². The van der Waals surface area contributed by atoms with Gasteiger partial charge in [0.15, 0.2) is 0 Å². The molecule has 90 valence electrons. The highest BCUT2D eigenvalue weighted by Gasteiger charge is 2.23. The van der Waals surface area contributed by atoms with Crippen LogP contribution in [0.25, 0.3) is 0 Å². The molecule has 2 heteroatoms. The summed E-state index contributed by atoms with van der Waals surface area (Å²) in [4.78, 5) is 0. The zero-order valence-electron chi connectivity index (χ0n) is 10.6. The summed E-state index contributed by atoms with van der Waals surface area (Å²) in [6.07, 6.45) is 6.97. The third-order valence-electron chi connectivity index (χ3n) is 3.59. The van der Waals surface area contributed by atoms with E-state index in [1.54, 1.807) is 0 Å². The van der Waals surface area contributed by atoms with Crippen molar-refractivity contribution < 1.29 is 4.74 Å². The topological polar surface area (TPSA) is 21.3 Å².